The molecule has 2 heteroatoms. The molecule has 0 unspecified atom stereocenters. The van der Waals surface area contributed by atoms with Crippen LogP contribution in [0.1, 0.15) is 56.6 Å². The highest BCUT2D eigenvalue weighted by atomic mass is 14.8. The van der Waals surface area contributed by atoms with E-state index in [1.165, 1.54) is 36.8 Å². The summed E-state index contributed by atoms with van der Waals surface area (Å²) >= 11 is 0. The predicted molar refractivity (Wildman–Crippen MR) is 71.7 cm³/mol. The van der Waals surface area contributed by atoms with Crippen molar-refractivity contribution in [2.24, 2.45) is 11.7 Å². The Labute approximate surface area is 105 Å². The monoisotopic (exact) mass is 232 g/mol. The van der Waals surface area contributed by atoms with Gasteiger partial charge < -0.3 is 5.73 Å². The van der Waals surface area contributed by atoms with Crippen molar-refractivity contribution in [2.45, 2.75) is 57.9 Å². The molecule has 0 aromatic carbocycles. The molecule has 94 valence electrons. The molecule has 2 N–H and O–H groups in total. The molecule has 1 heterocycles. The average molecular weight is 232 g/mol. The largest absolute Gasteiger partial charge is 0.321 e. The second-order valence-corrected chi connectivity index (χ2v) is 5.58. The summed E-state index contributed by atoms with van der Waals surface area (Å²) in [5.74, 6) is 0.897. The van der Waals surface area contributed by atoms with Gasteiger partial charge >= 0.3 is 0 Å². The Kier molecular flexibility index (Phi) is 3.82. The number of nitrogens with two attached hydrogens (primary N) is 1. The van der Waals surface area contributed by atoms with Crippen LogP contribution in [0.5, 0.6) is 0 Å². The molecule has 1 saturated carbocycles. The maximum Gasteiger partial charge on any atom is 0.0427 e. The molecule has 0 spiro atoms. The van der Waals surface area contributed by atoms with Gasteiger partial charge in [0, 0.05) is 17.9 Å². The van der Waals surface area contributed by atoms with E-state index < -0.39 is 0 Å². The zero-order valence-corrected chi connectivity index (χ0v) is 11.1. The molecule has 0 saturated heterocycles. The normalized spacial score (nSPS) is 29.2. The molecular weight excluding hydrogens is 208 g/mol. The average Bonchev–Trinajstić information content (AvgIpc) is 2.33. The third kappa shape index (κ3) is 2.68. The molecule has 1 fully saturated rings. The number of hydrogen-bond donors (Lipinski definition) is 1. The van der Waals surface area contributed by atoms with Crippen molar-refractivity contribution in [1.29, 1.82) is 0 Å². The molecule has 1 aliphatic rings. The number of hydrogen-bond acceptors (Lipinski definition) is 2. The van der Waals surface area contributed by atoms with E-state index in [2.05, 4.69) is 24.9 Å². The minimum Gasteiger partial charge on any atom is -0.321 e. The third-order valence-corrected chi connectivity index (χ3v) is 4.27. The Morgan fingerprint density at radius 2 is 2.12 bits per heavy atom. The lowest BCUT2D eigenvalue weighted by Gasteiger charge is -2.38. The zero-order valence-electron chi connectivity index (χ0n) is 11.1. The molecule has 1 aromatic heterocycles. The van der Waals surface area contributed by atoms with Crippen molar-refractivity contribution in [3.05, 3.63) is 29.6 Å². The van der Waals surface area contributed by atoms with E-state index in [1.807, 2.05) is 12.4 Å². The Morgan fingerprint density at radius 1 is 1.41 bits per heavy atom. The van der Waals surface area contributed by atoms with Crippen LogP contribution in [0, 0.1) is 12.8 Å². The minimum absolute atomic E-state index is 0.122. The number of nitrogens with zero attached hydrogens (tertiary/aromatic N) is 1. The van der Waals surface area contributed by atoms with Gasteiger partial charge in [0.05, 0.1) is 0 Å². The summed E-state index contributed by atoms with van der Waals surface area (Å²) in [5.41, 5.74) is 9.02. The van der Waals surface area contributed by atoms with E-state index in [0.29, 0.717) is 0 Å². The molecule has 0 amide bonds. The lowest BCUT2D eigenvalue weighted by molar-refractivity contribution is 0.225. The van der Waals surface area contributed by atoms with Crippen LogP contribution < -0.4 is 5.73 Å². The summed E-state index contributed by atoms with van der Waals surface area (Å²) < 4.78 is 0. The summed E-state index contributed by atoms with van der Waals surface area (Å²) in [6.07, 6.45) is 11.3. The number of rotatable bonds is 3. The van der Waals surface area contributed by atoms with E-state index >= 15 is 0 Å². The maximum absolute atomic E-state index is 6.60. The van der Waals surface area contributed by atoms with Crippen molar-refractivity contribution in [3.8, 4) is 0 Å². The highest BCUT2D eigenvalue weighted by Crippen LogP contribution is 2.39. The van der Waals surface area contributed by atoms with Gasteiger partial charge in [0.15, 0.2) is 0 Å². The van der Waals surface area contributed by atoms with Gasteiger partial charge in [0.25, 0.3) is 0 Å². The SMILES string of the molecule is CCCC1CCC(N)(c2cnccc2C)CC1. The lowest BCUT2D eigenvalue weighted by atomic mass is 9.72. The fourth-order valence-corrected chi connectivity index (χ4v) is 3.14. The Hall–Kier alpha value is -0.890. The second kappa shape index (κ2) is 5.18. The van der Waals surface area contributed by atoms with E-state index in [1.54, 1.807) is 0 Å². The summed E-state index contributed by atoms with van der Waals surface area (Å²) in [5, 5.41) is 0. The Balaban J connectivity index is 2.10. The van der Waals surface area contributed by atoms with E-state index in [0.717, 1.165) is 18.8 Å². The maximum atomic E-state index is 6.60. The summed E-state index contributed by atoms with van der Waals surface area (Å²) in [6.45, 7) is 4.42. The quantitative estimate of drug-likeness (QED) is 0.865. The molecule has 0 atom stereocenters. The van der Waals surface area contributed by atoms with Crippen LogP contribution in [0.4, 0.5) is 0 Å². The van der Waals surface area contributed by atoms with Gasteiger partial charge in [0.2, 0.25) is 0 Å². The topological polar surface area (TPSA) is 38.9 Å². The molecule has 17 heavy (non-hydrogen) atoms. The summed E-state index contributed by atoms with van der Waals surface area (Å²) in [6, 6.07) is 2.07. The van der Waals surface area contributed by atoms with E-state index in [-0.39, 0.29) is 5.54 Å². The van der Waals surface area contributed by atoms with E-state index in [4.69, 9.17) is 5.73 Å². The summed E-state index contributed by atoms with van der Waals surface area (Å²) in [4.78, 5) is 4.24. The van der Waals surface area contributed by atoms with Crippen LogP contribution in [-0.2, 0) is 5.54 Å². The first-order chi connectivity index (χ1) is 8.15. The summed E-state index contributed by atoms with van der Waals surface area (Å²) in [7, 11) is 0. The zero-order chi connectivity index (χ0) is 12.3. The van der Waals surface area contributed by atoms with Crippen LogP contribution in [0.3, 0.4) is 0 Å². The second-order valence-electron chi connectivity index (χ2n) is 5.58. The van der Waals surface area contributed by atoms with Crippen molar-refractivity contribution >= 4 is 0 Å². The van der Waals surface area contributed by atoms with Gasteiger partial charge in [-0.25, -0.2) is 0 Å². The molecular formula is C15H24N2. The highest BCUT2D eigenvalue weighted by Gasteiger charge is 2.33. The smallest absolute Gasteiger partial charge is 0.0427 e. The van der Waals surface area contributed by atoms with Crippen LogP contribution in [-0.4, -0.2) is 4.98 Å². The number of aryl methyl sites for hydroxylation is 1. The molecule has 0 bridgehead atoms. The van der Waals surface area contributed by atoms with Crippen LogP contribution >= 0.6 is 0 Å². The van der Waals surface area contributed by atoms with Gasteiger partial charge in [-0.1, -0.05) is 19.8 Å². The van der Waals surface area contributed by atoms with Gasteiger partial charge in [-0.05, 0) is 55.7 Å². The first kappa shape index (κ1) is 12.6. The van der Waals surface area contributed by atoms with Gasteiger partial charge in [-0.2, -0.15) is 0 Å². The standard InChI is InChI=1S/C15H24N2/c1-3-4-13-5-8-15(16,9-6-13)14-11-17-10-7-12(14)2/h7,10-11,13H,3-6,8-9,16H2,1-2H3. The van der Waals surface area contributed by atoms with Crippen molar-refractivity contribution < 1.29 is 0 Å². The molecule has 2 nitrogen and oxygen atoms in total. The Bertz CT molecular complexity index is 365. The lowest BCUT2D eigenvalue weighted by Crippen LogP contribution is -2.41. The molecule has 1 aromatic rings. The van der Waals surface area contributed by atoms with Crippen molar-refractivity contribution in [2.75, 3.05) is 0 Å². The number of pyridine rings is 1. The van der Waals surface area contributed by atoms with E-state index in [9.17, 15) is 0 Å². The molecule has 0 radical (unpaired) electrons. The Morgan fingerprint density at radius 3 is 2.71 bits per heavy atom. The van der Waals surface area contributed by atoms with Crippen molar-refractivity contribution in [1.82, 2.24) is 4.98 Å². The number of aromatic nitrogens is 1. The van der Waals surface area contributed by atoms with Crippen molar-refractivity contribution in [3.63, 3.8) is 0 Å². The molecule has 1 aliphatic carbocycles. The first-order valence-electron chi connectivity index (χ1n) is 6.85. The third-order valence-electron chi connectivity index (χ3n) is 4.27. The fraction of sp³-hybridized carbons (Fsp3) is 0.667. The molecule has 2 rings (SSSR count). The van der Waals surface area contributed by atoms with Crippen LogP contribution in [0.25, 0.3) is 0 Å². The predicted octanol–water partition coefficient (Wildman–Crippen LogP) is 3.53. The van der Waals surface area contributed by atoms with Crippen LogP contribution in [0.15, 0.2) is 18.5 Å². The van der Waals surface area contributed by atoms with Crippen LogP contribution in [0.2, 0.25) is 0 Å². The van der Waals surface area contributed by atoms with Gasteiger partial charge in [-0.3, -0.25) is 4.98 Å². The first-order valence-corrected chi connectivity index (χ1v) is 6.85. The molecule has 0 aliphatic heterocycles. The van der Waals surface area contributed by atoms with Gasteiger partial charge in [-0.15, -0.1) is 0 Å². The minimum atomic E-state index is -0.122. The fourth-order valence-electron chi connectivity index (χ4n) is 3.14. The highest BCUT2D eigenvalue weighted by molar-refractivity contribution is 5.29. The van der Waals surface area contributed by atoms with Gasteiger partial charge in [0.1, 0.15) is 0 Å².